The Hall–Kier alpha value is -3.58. The summed E-state index contributed by atoms with van der Waals surface area (Å²) in [5.41, 5.74) is 4.10. The van der Waals surface area contributed by atoms with Crippen molar-refractivity contribution in [2.24, 2.45) is 0 Å². The summed E-state index contributed by atoms with van der Waals surface area (Å²) in [6, 6.07) is 20.0. The van der Waals surface area contributed by atoms with Crippen molar-refractivity contribution >= 4 is 34.4 Å². The lowest BCUT2D eigenvalue weighted by atomic mass is 9.97. The van der Waals surface area contributed by atoms with Crippen LogP contribution in [-0.4, -0.2) is 38.2 Å². The van der Waals surface area contributed by atoms with Gasteiger partial charge in [0, 0.05) is 17.7 Å². The molecule has 0 saturated heterocycles. The Bertz CT molecular complexity index is 1230. The van der Waals surface area contributed by atoms with E-state index in [-0.39, 0.29) is 5.78 Å². The number of hydrogen-bond acceptors (Lipinski definition) is 7. The van der Waals surface area contributed by atoms with Crippen LogP contribution < -0.4 is 5.32 Å². The van der Waals surface area contributed by atoms with Crippen LogP contribution in [0.1, 0.15) is 6.92 Å². The lowest BCUT2D eigenvalue weighted by Crippen LogP contribution is -2.07. The van der Waals surface area contributed by atoms with E-state index in [1.165, 1.54) is 11.8 Å². The molecule has 0 fully saturated rings. The molecule has 0 amide bonds. The number of fused-ring (bicyclic) bond motifs is 1. The van der Waals surface area contributed by atoms with Crippen molar-refractivity contribution in [2.75, 3.05) is 17.6 Å². The van der Waals surface area contributed by atoms with Crippen LogP contribution in [0.5, 0.6) is 0 Å². The van der Waals surface area contributed by atoms with E-state index in [4.69, 9.17) is 4.98 Å². The SMILES string of the molecule is C=CCNc1nc(SCC(C)=O)nc2nnc(-c3ccccc3)c(-c3ccccc3)c12. The number of carbonyl (C=O) groups excluding carboxylic acids is 1. The maximum atomic E-state index is 11.4. The molecule has 4 aromatic rings. The van der Waals surface area contributed by atoms with Gasteiger partial charge in [-0.25, -0.2) is 9.97 Å². The van der Waals surface area contributed by atoms with Gasteiger partial charge in [0.2, 0.25) is 0 Å². The molecule has 0 unspecified atom stereocenters. The Labute approximate surface area is 184 Å². The first-order valence-electron chi connectivity index (χ1n) is 9.83. The van der Waals surface area contributed by atoms with Crippen molar-refractivity contribution in [1.82, 2.24) is 20.2 Å². The van der Waals surface area contributed by atoms with Crippen LogP contribution in [0.4, 0.5) is 5.82 Å². The lowest BCUT2D eigenvalue weighted by Gasteiger charge is -2.15. The number of nitrogens with one attached hydrogen (secondary N) is 1. The number of nitrogens with zero attached hydrogens (tertiary/aromatic N) is 4. The number of thioether (sulfide) groups is 1. The van der Waals surface area contributed by atoms with Crippen molar-refractivity contribution in [3.05, 3.63) is 73.3 Å². The molecule has 2 aromatic heterocycles. The molecule has 2 aromatic carbocycles. The van der Waals surface area contributed by atoms with E-state index in [2.05, 4.69) is 27.1 Å². The molecule has 0 bridgehead atoms. The van der Waals surface area contributed by atoms with Crippen molar-refractivity contribution in [3.8, 4) is 22.4 Å². The fraction of sp³-hybridized carbons (Fsp3) is 0.125. The highest BCUT2D eigenvalue weighted by atomic mass is 32.2. The molecule has 154 valence electrons. The third-order valence-electron chi connectivity index (χ3n) is 4.53. The van der Waals surface area contributed by atoms with Crippen LogP contribution in [0, 0.1) is 0 Å². The maximum absolute atomic E-state index is 11.4. The van der Waals surface area contributed by atoms with Gasteiger partial charge in [-0.15, -0.1) is 16.8 Å². The Kier molecular flexibility index (Phi) is 6.33. The summed E-state index contributed by atoms with van der Waals surface area (Å²) in [5.74, 6) is 1.000. The van der Waals surface area contributed by atoms with Crippen LogP contribution in [0.25, 0.3) is 33.4 Å². The van der Waals surface area contributed by atoms with Crippen LogP contribution >= 0.6 is 11.8 Å². The topological polar surface area (TPSA) is 80.7 Å². The second-order valence-corrected chi connectivity index (χ2v) is 7.81. The Morgan fingerprint density at radius 3 is 2.32 bits per heavy atom. The smallest absolute Gasteiger partial charge is 0.192 e. The van der Waals surface area contributed by atoms with E-state index in [0.29, 0.717) is 28.9 Å². The number of anilines is 1. The summed E-state index contributed by atoms with van der Waals surface area (Å²) in [4.78, 5) is 20.7. The standard InChI is InChI=1S/C24H21N5OS/c1-3-14-25-22-20-19(17-10-6-4-7-11-17)21(18-12-8-5-9-13-18)28-29-23(20)27-24(26-22)31-15-16(2)30/h3-13H,1,14-15H2,2H3,(H,25,26,27,29). The largest absolute Gasteiger partial charge is 0.366 e. The van der Waals surface area contributed by atoms with Crippen LogP contribution in [0.2, 0.25) is 0 Å². The molecule has 6 nitrogen and oxygen atoms in total. The van der Waals surface area contributed by atoms with Gasteiger partial charge in [-0.3, -0.25) is 4.79 Å². The zero-order chi connectivity index (χ0) is 21.6. The van der Waals surface area contributed by atoms with E-state index in [9.17, 15) is 4.79 Å². The minimum Gasteiger partial charge on any atom is -0.366 e. The minimum absolute atomic E-state index is 0.0600. The van der Waals surface area contributed by atoms with Gasteiger partial charge in [-0.05, 0) is 12.5 Å². The number of benzene rings is 2. The average Bonchev–Trinajstić information content (AvgIpc) is 2.81. The molecule has 0 radical (unpaired) electrons. The first-order chi connectivity index (χ1) is 15.2. The Balaban J connectivity index is 2.01. The minimum atomic E-state index is 0.0600. The van der Waals surface area contributed by atoms with Gasteiger partial charge in [0.25, 0.3) is 0 Å². The Morgan fingerprint density at radius 2 is 1.68 bits per heavy atom. The van der Waals surface area contributed by atoms with Gasteiger partial charge in [0.1, 0.15) is 17.3 Å². The second-order valence-electron chi connectivity index (χ2n) is 6.87. The summed E-state index contributed by atoms with van der Waals surface area (Å²) < 4.78 is 0. The van der Waals surface area contributed by atoms with Crippen molar-refractivity contribution in [3.63, 3.8) is 0 Å². The molecule has 0 aliphatic rings. The molecule has 0 spiro atoms. The van der Waals surface area contributed by atoms with E-state index >= 15 is 0 Å². The summed E-state index contributed by atoms with van der Waals surface area (Å²) in [7, 11) is 0. The van der Waals surface area contributed by atoms with Crippen molar-refractivity contribution in [1.29, 1.82) is 0 Å². The maximum Gasteiger partial charge on any atom is 0.192 e. The van der Waals surface area contributed by atoms with Crippen LogP contribution in [-0.2, 0) is 4.79 Å². The Morgan fingerprint density at radius 1 is 1.00 bits per heavy atom. The highest BCUT2D eigenvalue weighted by Crippen LogP contribution is 2.38. The van der Waals surface area contributed by atoms with E-state index in [1.807, 2.05) is 60.7 Å². The number of Topliss-reactive ketones (excluding diaryl/α,β-unsaturated/α-hetero) is 1. The van der Waals surface area contributed by atoms with Gasteiger partial charge in [-0.1, -0.05) is 78.5 Å². The van der Waals surface area contributed by atoms with Gasteiger partial charge < -0.3 is 5.32 Å². The molecule has 31 heavy (non-hydrogen) atoms. The number of aromatic nitrogens is 4. The third-order valence-corrected chi connectivity index (χ3v) is 5.52. The highest BCUT2D eigenvalue weighted by Gasteiger charge is 2.20. The number of carbonyl (C=O) groups is 1. The quantitative estimate of drug-likeness (QED) is 0.240. The molecule has 0 aliphatic carbocycles. The normalized spacial score (nSPS) is 10.7. The molecule has 0 aliphatic heterocycles. The van der Waals surface area contributed by atoms with Gasteiger partial charge >= 0.3 is 0 Å². The molecule has 0 atom stereocenters. The fourth-order valence-corrected chi connectivity index (χ4v) is 3.85. The van der Waals surface area contributed by atoms with E-state index < -0.39 is 0 Å². The average molecular weight is 428 g/mol. The molecular formula is C24H21N5OS. The van der Waals surface area contributed by atoms with E-state index in [1.54, 1.807) is 13.0 Å². The zero-order valence-electron chi connectivity index (χ0n) is 17.1. The summed E-state index contributed by atoms with van der Waals surface area (Å²) in [5, 5.41) is 13.6. The summed E-state index contributed by atoms with van der Waals surface area (Å²) >= 11 is 1.29. The van der Waals surface area contributed by atoms with Gasteiger partial charge in [0.05, 0.1) is 11.1 Å². The second kappa shape index (κ2) is 9.49. The number of rotatable bonds is 8. The van der Waals surface area contributed by atoms with Crippen LogP contribution in [0.15, 0.2) is 78.5 Å². The summed E-state index contributed by atoms with van der Waals surface area (Å²) in [6.07, 6.45) is 1.77. The van der Waals surface area contributed by atoms with Gasteiger partial charge in [-0.2, -0.15) is 0 Å². The molecular weight excluding hydrogens is 406 g/mol. The predicted molar refractivity (Wildman–Crippen MR) is 126 cm³/mol. The molecule has 1 N–H and O–H groups in total. The molecule has 0 saturated carbocycles. The molecule has 4 rings (SSSR count). The van der Waals surface area contributed by atoms with Crippen molar-refractivity contribution < 1.29 is 4.79 Å². The summed E-state index contributed by atoms with van der Waals surface area (Å²) in [6.45, 7) is 5.87. The monoisotopic (exact) mass is 427 g/mol. The highest BCUT2D eigenvalue weighted by molar-refractivity contribution is 7.99. The fourth-order valence-electron chi connectivity index (χ4n) is 3.21. The number of hydrogen-bond donors (Lipinski definition) is 1. The van der Waals surface area contributed by atoms with Crippen LogP contribution in [0.3, 0.4) is 0 Å². The molecule has 2 heterocycles. The van der Waals surface area contributed by atoms with Gasteiger partial charge in [0.15, 0.2) is 10.8 Å². The van der Waals surface area contributed by atoms with E-state index in [0.717, 1.165) is 27.8 Å². The predicted octanol–water partition coefficient (Wildman–Crippen LogP) is 5.03. The molecule has 7 heteroatoms. The van der Waals surface area contributed by atoms with Crippen molar-refractivity contribution in [2.45, 2.75) is 12.1 Å². The third kappa shape index (κ3) is 4.62. The first kappa shape index (κ1) is 20.7. The first-order valence-corrected chi connectivity index (χ1v) is 10.8. The zero-order valence-corrected chi connectivity index (χ0v) is 17.9. The number of ketones is 1. The lowest BCUT2D eigenvalue weighted by molar-refractivity contribution is -0.114.